The van der Waals surface area contributed by atoms with Crippen LogP contribution in [0.15, 0.2) is 48.5 Å². The minimum absolute atomic E-state index is 0.00243. The summed E-state index contributed by atoms with van der Waals surface area (Å²) in [6.45, 7) is 4.08. The quantitative estimate of drug-likeness (QED) is 0.890. The standard InChI is InChI=1S/C22H25N3O3/c26-20-6-2-1-5-19(20)22(28)25-15-13-24(14-16-25)21(27)17-7-9-18(10-8-17)23-11-3-4-12-23/h1-2,5-10,26H,3-4,11-16H2. The molecular formula is C22H25N3O3. The lowest BCUT2D eigenvalue weighted by atomic mass is 10.1. The molecule has 2 aromatic carbocycles. The van der Waals surface area contributed by atoms with Crippen molar-refractivity contribution >= 4 is 17.5 Å². The predicted octanol–water partition coefficient (Wildman–Crippen LogP) is 2.59. The van der Waals surface area contributed by atoms with Crippen molar-refractivity contribution in [2.75, 3.05) is 44.2 Å². The Bertz CT molecular complexity index is 852. The predicted molar refractivity (Wildman–Crippen MR) is 108 cm³/mol. The Kier molecular flexibility index (Phi) is 5.19. The first-order valence-corrected chi connectivity index (χ1v) is 9.85. The van der Waals surface area contributed by atoms with Crippen molar-refractivity contribution in [2.24, 2.45) is 0 Å². The van der Waals surface area contributed by atoms with Crippen LogP contribution in [0.1, 0.15) is 33.6 Å². The number of phenols is 1. The molecule has 2 fully saturated rings. The van der Waals surface area contributed by atoms with Gasteiger partial charge in [0.2, 0.25) is 0 Å². The van der Waals surface area contributed by atoms with Gasteiger partial charge in [0, 0.05) is 50.5 Å². The third kappa shape index (κ3) is 3.67. The number of amides is 2. The summed E-state index contributed by atoms with van der Waals surface area (Å²) in [5.74, 6) is -0.202. The maximum Gasteiger partial charge on any atom is 0.257 e. The fourth-order valence-corrected chi connectivity index (χ4v) is 3.91. The second-order valence-corrected chi connectivity index (χ2v) is 7.34. The van der Waals surface area contributed by atoms with E-state index in [4.69, 9.17) is 0 Å². The zero-order valence-electron chi connectivity index (χ0n) is 15.9. The van der Waals surface area contributed by atoms with Gasteiger partial charge in [-0.25, -0.2) is 0 Å². The minimum Gasteiger partial charge on any atom is -0.507 e. The molecule has 2 heterocycles. The number of piperazine rings is 1. The summed E-state index contributed by atoms with van der Waals surface area (Å²) in [6, 6.07) is 14.4. The average Bonchev–Trinajstić information content (AvgIpc) is 3.28. The van der Waals surface area contributed by atoms with Crippen LogP contribution in [0.25, 0.3) is 0 Å². The Hall–Kier alpha value is -3.02. The smallest absolute Gasteiger partial charge is 0.257 e. The van der Waals surface area contributed by atoms with E-state index in [0.29, 0.717) is 37.3 Å². The van der Waals surface area contributed by atoms with E-state index < -0.39 is 0 Å². The third-order valence-corrected chi connectivity index (χ3v) is 5.57. The molecule has 0 aliphatic carbocycles. The number of aromatic hydroxyl groups is 1. The molecule has 28 heavy (non-hydrogen) atoms. The highest BCUT2D eigenvalue weighted by Crippen LogP contribution is 2.22. The number of carbonyl (C=O) groups is 2. The van der Waals surface area contributed by atoms with E-state index in [0.717, 1.165) is 13.1 Å². The largest absolute Gasteiger partial charge is 0.507 e. The van der Waals surface area contributed by atoms with E-state index in [1.54, 1.807) is 28.0 Å². The number of para-hydroxylation sites is 1. The van der Waals surface area contributed by atoms with Crippen LogP contribution in [0.2, 0.25) is 0 Å². The Morgan fingerprint density at radius 1 is 0.714 bits per heavy atom. The normalized spacial score (nSPS) is 17.1. The zero-order valence-corrected chi connectivity index (χ0v) is 15.9. The number of nitrogens with zero attached hydrogens (tertiary/aromatic N) is 3. The van der Waals surface area contributed by atoms with E-state index >= 15 is 0 Å². The molecule has 0 spiro atoms. The van der Waals surface area contributed by atoms with Crippen LogP contribution in [-0.2, 0) is 0 Å². The maximum absolute atomic E-state index is 12.8. The molecule has 6 heteroatoms. The molecule has 4 rings (SSSR count). The summed E-state index contributed by atoms with van der Waals surface area (Å²) >= 11 is 0. The van der Waals surface area contributed by atoms with Crippen molar-refractivity contribution in [3.63, 3.8) is 0 Å². The second-order valence-electron chi connectivity index (χ2n) is 7.34. The molecule has 2 saturated heterocycles. The van der Waals surface area contributed by atoms with Gasteiger partial charge >= 0.3 is 0 Å². The summed E-state index contributed by atoms with van der Waals surface area (Å²) in [5.41, 5.74) is 2.16. The van der Waals surface area contributed by atoms with Crippen molar-refractivity contribution in [3.05, 3.63) is 59.7 Å². The first-order chi connectivity index (χ1) is 13.6. The number of benzene rings is 2. The van der Waals surface area contributed by atoms with E-state index in [1.807, 2.05) is 24.3 Å². The molecule has 0 atom stereocenters. The van der Waals surface area contributed by atoms with Gasteiger partial charge in [0.1, 0.15) is 5.75 Å². The third-order valence-electron chi connectivity index (χ3n) is 5.57. The number of hydrogen-bond acceptors (Lipinski definition) is 4. The molecule has 6 nitrogen and oxygen atoms in total. The van der Waals surface area contributed by atoms with Crippen molar-refractivity contribution < 1.29 is 14.7 Å². The maximum atomic E-state index is 12.8. The summed E-state index contributed by atoms with van der Waals surface area (Å²) in [7, 11) is 0. The lowest BCUT2D eigenvalue weighted by Gasteiger charge is -2.35. The van der Waals surface area contributed by atoms with Gasteiger partial charge < -0.3 is 19.8 Å². The lowest BCUT2D eigenvalue weighted by molar-refractivity contribution is 0.0533. The van der Waals surface area contributed by atoms with Crippen molar-refractivity contribution in [1.29, 1.82) is 0 Å². The van der Waals surface area contributed by atoms with Crippen LogP contribution in [-0.4, -0.2) is 66.0 Å². The van der Waals surface area contributed by atoms with Crippen LogP contribution in [0, 0.1) is 0 Å². The molecule has 1 N–H and O–H groups in total. The highest BCUT2D eigenvalue weighted by atomic mass is 16.3. The lowest BCUT2D eigenvalue weighted by Crippen LogP contribution is -2.50. The first-order valence-electron chi connectivity index (χ1n) is 9.85. The molecule has 2 aliphatic rings. The van der Waals surface area contributed by atoms with Gasteiger partial charge in [-0.1, -0.05) is 12.1 Å². The number of hydrogen-bond donors (Lipinski definition) is 1. The fourth-order valence-electron chi connectivity index (χ4n) is 3.91. The highest BCUT2D eigenvalue weighted by molar-refractivity contribution is 5.97. The number of phenolic OH excluding ortho intramolecular Hbond substituents is 1. The molecule has 0 radical (unpaired) electrons. The van der Waals surface area contributed by atoms with E-state index in [9.17, 15) is 14.7 Å². The summed E-state index contributed by atoms with van der Waals surface area (Å²) in [4.78, 5) is 31.2. The Labute approximate surface area is 165 Å². The van der Waals surface area contributed by atoms with Gasteiger partial charge in [0.15, 0.2) is 0 Å². The fraction of sp³-hybridized carbons (Fsp3) is 0.364. The minimum atomic E-state index is -0.194. The Morgan fingerprint density at radius 3 is 1.89 bits per heavy atom. The number of anilines is 1. The average molecular weight is 379 g/mol. The number of carbonyl (C=O) groups excluding carboxylic acids is 2. The SMILES string of the molecule is O=C(c1ccc(N2CCCC2)cc1)N1CCN(C(=O)c2ccccc2O)CC1. The summed E-state index contributed by atoms with van der Waals surface area (Å²) in [5, 5.41) is 9.89. The molecule has 2 amide bonds. The molecule has 146 valence electrons. The Balaban J connectivity index is 1.36. The van der Waals surface area contributed by atoms with E-state index in [-0.39, 0.29) is 17.6 Å². The van der Waals surface area contributed by atoms with Crippen LogP contribution in [0.4, 0.5) is 5.69 Å². The van der Waals surface area contributed by atoms with Crippen LogP contribution in [0.3, 0.4) is 0 Å². The molecule has 0 saturated carbocycles. The first kappa shape index (κ1) is 18.3. The van der Waals surface area contributed by atoms with Gasteiger partial charge in [0.25, 0.3) is 11.8 Å². The molecular weight excluding hydrogens is 354 g/mol. The van der Waals surface area contributed by atoms with Gasteiger partial charge in [0.05, 0.1) is 5.56 Å². The van der Waals surface area contributed by atoms with Crippen molar-refractivity contribution in [3.8, 4) is 5.75 Å². The van der Waals surface area contributed by atoms with Gasteiger partial charge in [-0.05, 0) is 49.2 Å². The van der Waals surface area contributed by atoms with Gasteiger partial charge in [-0.2, -0.15) is 0 Å². The Morgan fingerprint density at radius 2 is 1.29 bits per heavy atom. The second kappa shape index (κ2) is 7.92. The van der Waals surface area contributed by atoms with Crippen molar-refractivity contribution in [1.82, 2.24) is 9.80 Å². The molecule has 0 bridgehead atoms. The van der Waals surface area contributed by atoms with Gasteiger partial charge in [-0.15, -0.1) is 0 Å². The summed E-state index contributed by atoms with van der Waals surface area (Å²) in [6.07, 6.45) is 2.45. The van der Waals surface area contributed by atoms with E-state index in [2.05, 4.69) is 4.90 Å². The monoisotopic (exact) mass is 379 g/mol. The van der Waals surface area contributed by atoms with Crippen LogP contribution in [0.5, 0.6) is 5.75 Å². The summed E-state index contributed by atoms with van der Waals surface area (Å²) < 4.78 is 0. The van der Waals surface area contributed by atoms with Crippen molar-refractivity contribution in [2.45, 2.75) is 12.8 Å². The van der Waals surface area contributed by atoms with Gasteiger partial charge in [-0.3, -0.25) is 9.59 Å². The topological polar surface area (TPSA) is 64.1 Å². The number of rotatable bonds is 3. The van der Waals surface area contributed by atoms with E-state index in [1.165, 1.54) is 24.6 Å². The van der Waals surface area contributed by atoms with Crippen LogP contribution >= 0.6 is 0 Å². The molecule has 2 aliphatic heterocycles. The molecule has 0 aromatic heterocycles. The highest BCUT2D eigenvalue weighted by Gasteiger charge is 2.26. The van der Waals surface area contributed by atoms with Crippen LogP contribution < -0.4 is 4.90 Å². The molecule has 0 unspecified atom stereocenters. The molecule has 2 aromatic rings. The zero-order chi connectivity index (χ0) is 19.5.